The monoisotopic (exact) mass is 242 g/mol. The van der Waals surface area contributed by atoms with E-state index in [1.807, 2.05) is 0 Å². The van der Waals surface area contributed by atoms with Crippen LogP contribution in [0.25, 0.3) is 11.2 Å². The molecule has 1 unspecified atom stereocenters. The minimum Gasteiger partial charge on any atom is -0.363 e. The number of amides is 1. The molecule has 2 aromatic rings. The first kappa shape index (κ1) is 10.4. The summed E-state index contributed by atoms with van der Waals surface area (Å²) in [6.07, 6.45) is 1.32. The van der Waals surface area contributed by atoms with E-state index in [0.717, 1.165) is 0 Å². The second-order valence-corrected chi connectivity index (χ2v) is 3.43. The van der Waals surface area contributed by atoms with Gasteiger partial charge in [0, 0.05) is 0 Å². The second-order valence-electron chi connectivity index (χ2n) is 2.73. The van der Waals surface area contributed by atoms with E-state index in [-0.39, 0.29) is 17.4 Å². The number of nitrogens with one attached hydrogen (secondary N) is 2. The molecular formula is C6H6N6O3S. The fraction of sp³-hybridized carbons (Fsp3) is 0. The number of fused-ring (bicyclic) bond motifs is 1. The Morgan fingerprint density at radius 2 is 2.31 bits per heavy atom. The number of primary amides is 1. The van der Waals surface area contributed by atoms with Crippen LogP contribution in [-0.4, -0.2) is 34.6 Å². The zero-order valence-corrected chi connectivity index (χ0v) is 8.48. The number of aromatic amines is 1. The van der Waals surface area contributed by atoms with Crippen LogP contribution in [0.15, 0.2) is 6.20 Å². The Labute approximate surface area is 90.9 Å². The van der Waals surface area contributed by atoms with Crippen molar-refractivity contribution in [2.75, 3.05) is 4.72 Å². The van der Waals surface area contributed by atoms with Gasteiger partial charge >= 0.3 is 0 Å². The molecule has 2 heterocycles. The summed E-state index contributed by atoms with van der Waals surface area (Å²) in [7, 11) is 0. The highest BCUT2D eigenvalue weighted by Gasteiger charge is 2.10. The molecule has 9 nitrogen and oxygen atoms in total. The van der Waals surface area contributed by atoms with Crippen molar-refractivity contribution in [1.82, 2.24) is 19.9 Å². The molecule has 0 aliphatic carbocycles. The average Bonchev–Trinajstić information content (AvgIpc) is 2.59. The van der Waals surface area contributed by atoms with E-state index in [0.29, 0.717) is 5.52 Å². The fourth-order valence-corrected chi connectivity index (χ4v) is 1.31. The van der Waals surface area contributed by atoms with Gasteiger partial charge in [0.2, 0.25) is 5.95 Å². The second kappa shape index (κ2) is 3.83. The van der Waals surface area contributed by atoms with Crippen molar-refractivity contribution in [3.8, 4) is 0 Å². The zero-order valence-electron chi connectivity index (χ0n) is 7.67. The Morgan fingerprint density at radius 1 is 1.56 bits per heavy atom. The Morgan fingerprint density at radius 3 is 2.94 bits per heavy atom. The summed E-state index contributed by atoms with van der Waals surface area (Å²) in [4.78, 5) is 24.7. The van der Waals surface area contributed by atoms with E-state index in [9.17, 15) is 9.00 Å². The van der Waals surface area contributed by atoms with E-state index < -0.39 is 17.2 Å². The summed E-state index contributed by atoms with van der Waals surface area (Å²) in [6.45, 7) is 0. The Bertz CT molecular complexity index is 581. The summed E-state index contributed by atoms with van der Waals surface area (Å²) < 4.78 is 21.1. The number of aromatic nitrogens is 4. The van der Waals surface area contributed by atoms with Gasteiger partial charge in [0.25, 0.3) is 17.2 Å². The van der Waals surface area contributed by atoms with Crippen LogP contribution in [0.1, 0.15) is 10.6 Å². The molecule has 0 aliphatic heterocycles. The van der Waals surface area contributed by atoms with Gasteiger partial charge in [-0.3, -0.25) is 9.35 Å². The SMILES string of the molecule is NC(=O)c1nc2nc(NS(=O)O)ncc2[nH]1. The van der Waals surface area contributed by atoms with Crippen LogP contribution < -0.4 is 10.5 Å². The van der Waals surface area contributed by atoms with Gasteiger partial charge in [-0.1, -0.05) is 0 Å². The first-order valence-electron chi connectivity index (χ1n) is 3.96. The van der Waals surface area contributed by atoms with E-state index in [4.69, 9.17) is 10.3 Å². The number of hydrogen-bond acceptors (Lipinski definition) is 5. The first-order chi connectivity index (χ1) is 7.56. The van der Waals surface area contributed by atoms with Crippen molar-refractivity contribution in [2.45, 2.75) is 0 Å². The molecule has 0 fully saturated rings. The fourth-order valence-electron chi connectivity index (χ4n) is 1.05. The number of anilines is 1. The molecule has 0 bridgehead atoms. The maximum Gasteiger partial charge on any atom is 0.284 e. The van der Waals surface area contributed by atoms with Crippen LogP contribution in [-0.2, 0) is 11.3 Å². The largest absolute Gasteiger partial charge is 0.363 e. The molecule has 0 aliphatic rings. The lowest BCUT2D eigenvalue weighted by Crippen LogP contribution is -2.12. The van der Waals surface area contributed by atoms with Gasteiger partial charge in [0.1, 0.15) is 5.52 Å². The molecule has 0 aromatic carbocycles. The summed E-state index contributed by atoms with van der Waals surface area (Å²) in [5, 5.41) is 0. The molecule has 0 saturated carbocycles. The molecule has 16 heavy (non-hydrogen) atoms. The number of hydrogen-bond donors (Lipinski definition) is 4. The predicted molar refractivity (Wildman–Crippen MR) is 54.6 cm³/mol. The minimum absolute atomic E-state index is 0.0495. The first-order valence-corrected chi connectivity index (χ1v) is 5.07. The number of carbonyl (C=O) groups is 1. The lowest BCUT2D eigenvalue weighted by Gasteiger charge is -1.96. The van der Waals surface area contributed by atoms with Crippen LogP contribution in [0.2, 0.25) is 0 Å². The van der Waals surface area contributed by atoms with Crippen LogP contribution in [0.3, 0.4) is 0 Å². The van der Waals surface area contributed by atoms with Crippen LogP contribution in [0.4, 0.5) is 5.95 Å². The third-order valence-electron chi connectivity index (χ3n) is 1.65. The standard InChI is InChI=1S/C6H6N6O3S/c7-3(13)5-9-2-1-8-6(12-16(14)15)11-4(2)10-5/h1H,(H2,7,13)(H,14,15)(H2,8,9,10,11,12). The molecule has 1 atom stereocenters. The maximum absolute atomic E-state index is 10.8. The van der Waals surface area contributed by atoms with Crippen molar-refractivity contribution in [2.24, 2.45) is 5.73 Å². The quantitative estimate of drug-likeness (QED) is 0.507. The molecule has 84 valence electrons. The van der Waals surface area contributed by atoms with Crippen molar-refractivity contribution in [3.05, 3.63) is 12.0 Å². The third-order valence-corrected chi connectivity index (χ3v) is 2.01. The number of nitrogens with two attached hydrogens (primary N) is 1. The number of carbonyl (C=O) groups excluding carboxylic acids is 1. The molecule has 0 saturated heterocycles. The van der Waals surface area contributed by atoms with Crippen molar-refractivity contribution in [3.63, 3.8) is 0 Å². The van der Waals surface area contributed by atoms with Crippen LogP contribution >= 0.6 is 0 Å². The van der Waals surface area contributed by atoms with E-state index in [1.165, 1.54) is 6.20 Å². The molecule has 10 heteroatoms. The molecule has 5 N–H and O–H groups in total. The lowest BCUT2D eigenvalue weighted by molar-refractivity contribution is 0.0991. The van der Waals surface area contributed by atoms with Crippen molar-refractivity contribution in [1.29, 1.82) is 0 Å². The molecular weight excluding hydrogens is 236 g/mol. The van der Waals surface area contributed by atoms with Gasteiger partial charge in [-0.15, -0.1) is 0 Å². The highest BCUT2D eigenvalue weighted by Crippen LogP contribution is 2.09. The summed E-state index contributed by atoms with van der Waals surface area (Å²) in [5.41, 5.74) is 5.59. The predicted octanol–water partition coefficient (Wildman–Crippen LogP) is -1.000. The maximum atomic E-state index is 10.8. The smallest absolute Gasteiger partial charge is 0.284 e. The molecule has 1 amide bonds. The average molecular weight is 242 g/mol. The Kier molecular flexibility index (Phi) is 2.50. The molecule has 2 aromatic heterocycles. The molecule has 2 rings (SSSR count). The van der Waals surface area contributed by atoms with E-state index >= 15 is 0 Å². The number of rotatable bonds is 3. The van der Waals surface area contributed by atoms with Gasteiger partial charge < -0.3 is 10.7 Å². The minimum atomic E-state index is -2.27. The highest BCUT2D eigenvalue weighted by atomic mass is 32.2. The molecule has 0 radical (unpaired) electrons. The van der Waals surface area contributed by atoms with Crippen molar-refractivity contribution < 1.29 is 13.6 Å². The normalized spacial score (nSPS) is 12.6. The number of H-pyrrole nitrogens is 1. The highest BCUT2D eigenvalue weighted by molar-refractivity contribution is 7.80. The van der Waals surface area contributed by atoms with E-state index in [1.54, 1.807) is 0 Å². The topological polar surface area (TPSA) is 147 Å². The van der Waals surface area contributed by atoms with Crippen LogP contribution in [0, 0.1) is 0 Å². The van der Waals surface area contributed by atoms with Gasteiger partial charge in [-0.05, 0) is 0 Å². The van der Waals surface area contributed by atoms with Gasteiger partial charge in [0.05, 0.1) is 6.20 Å². The van der Waals surface area contributed by atoms with E-state index in [2.05, 4.69) is 24.7 Å². The zero-order chi connectivity index (χ0) is 11.7. The summed E-state index contributed by atoms with van der Waals surface area (Å²) >= 11 is -2.27. The molecule has 0 spiro atoms. The number of imidazole rings is 1. The lowest BCUT2D eigenvalue weighted by atomic mass is 10.6. The van der Waals surface area contributed by atoms with Gasteiger partial charge in [-0.25, -0.2) is 18.9 Å². The third kappa shape index (κ3) is 1.97. The Hall–Kier alpha value is -2.07. The van der Waals surface area contributed by atoms with Crippen LogP contribution in [0.5, 0.6) is 0 Å². The number of nitrogens with zero attached hydrogens (tertiary/aromatic N) is 3. The summed E-state index contributed by atoms with van der Waals surface area (Å²) in [6, 6.07) is 0. The van der Waals surface area contributed by atoms with Gasteiger partial charge in [0.15, 0.2) is 11.5 Å². The summed E-state index contributed by atoms with van der Waals surface area (Å²) in [5.74, 6) is -0.847. The Balaban J connectivity index is 2.45. The van der Waals surface area contributed by atoms with Gasteiger partial charge in [-0.2, -0.15) is 4.98 Å². The van der Waals surface area contributed by atoms with Crippen molar-refractivity contribution >= 4 is 34.3 Å².